The minimum atomic E-state index is -0.742. The van der Waals surface area contributed by atoms with Gasteiger partial charge in [0.25, 0.3) is 0 Å². The van der Waals surface area contributed by atoms with E-state index in [-0.39, 0.29) is 30.1 Å². The summed E-state index contributed by atoms with van der Waals surface area (Å²) >= 11 is 3.59. The molecular formula is C21H29BrN6O3. The maximum atomic E-state index is 13.2. The molecule has 0 bridgehead atoms. The molecule has 9 nitrogen and oxygen atoms in total. The number of nitrogens with one attached hydrogen (secondary N) is 2. The van der Waals surface area contributed by atoms with Crippen molar-refractivity contribution < 1.29 is 14.3 Å². The van der Waals surface area contributed by atoms with Gasteiger partial charge in [0.1, 0.15) is 30.0 Å². The molecule has 3 aliphatic rings. The fourth-order valence-corrected chi connectivity index (χ4v) is 5.87. The molecule has 5 rings (SSSR count). The lowest BCUT2D eigenvalue weighted by Crippen LogP contribution is -2.42. The van der Waals surface area contributed by atoms with Crippen molar-refractivity contribution in [1.29, 1.82) is 0 Å². The number of anilines is 1. The molecule has 2 aromatic heterocycles. The molecule has 5 atom stereocenters. The Bertz CT molecular complexity index is 989. The Labute approximate surface area is 189 Å². The van der Waals surface area contributed by atoms with Gasteiger partial charge in [0.2, 0.25) is 5.91 Å². The molecule has 1 aliphatic carbocycles. The number of piperidine rings is 1. The van der Waals surface area contributed by atoms with Crippen molar-refractivity contribution in [2.24, 2.45) is 11.8 Å². The van der Waals surface area contributed by atoms with Crippen molar-refractivity contribution in [2.45, 2.75) is 57.1 Å². The number of hydrogen-bond acceptors (Lipinski definition) is 7. The Morgan fingerprint density at radius 3 is 2.97 bits per heavy atom. The number of rotatable bonds is 4. The van der Waals surface area contributed by atoms with Crippen LogP contribution in [0.15, 0.2) is 17.0 Å². The quantitative estimate of drug-likeness (QED) is 0.597. The average molecular weight is 493 g/mol. The van der Waals surface area contributed by atoms with E-state index in [1.165, 1.54) is 6.33 Å². The second-order valence-corrected chi connectivity index (χ2v) is 10.1. The average Bonchev–Trinajstić information content (AvgIpc) is 3.35. The number of carbonyl (C=O) groups is 1. The zero-order chi connectivity index (χ0) is 21.8. The first-order chi connectivity index (χ1) is 14.8. The number of carbonyl (C=O) groups excluding carboxylic acids is 1. The summed E-state index contributed by atoms with van der Waals surface area (Å²) in [5, 5.41) is 7.35. The number of halogens is 1. The van der Waals surface area contributed by atoms with Gasteiger partial charge in [-0.1, -0.05) is 0 Å². The van der Waals surface area contributed by atoms with Gasteiger partial charge in [-0.05, 0) is 68.0 Å². The third-order valence-electron chi connectivity index (χ3n) is 6.69. The molecule has 0 unspecified atom stereocenters. The lowest BCUT2D eigenvalue weighted by atomic mass is 9.98. The van der Waals surface area contributed by atoms with Crippen LogP contribution in [-0.4, -0.2) is 58.1 Å². The largest absolute Gasteiger partial charge is 0.383 e. The molecule has 4 N–H and O–H groups in total. The molecule has 168 valence electrons. The normalized spacial score (nSPS) is 32.3. The number of nitrogens with two attached hydrogens (primary N) is 1. The molecule has 1 saturated carbocycles. The summed E-state index contributed by atoms with van der Waals surface area (Å²) in [7, 11) is 0. The molecule has 2 saturated heterocycles. The Kier molecular flexibility index (Phi) is 5.44. The number of nitrogen functional groups attached to an aromatic ring is 1. The van der Waals surface area contributed by atoms with Crippen LogP contribution in [0.1, 0.15) is 39.2 Å². The first kappa shape index (κ1) is 21.1. The highest BCUT2D eigenvalue weighted by atomic mass is 79.9. The molecule has 2 aromatic rings. The van der Waals surface area contributed by atoms with E-state index >= 15 is 0 Å². The second-order valence-electron chi connectivity index (χ2n) is 9.27. The SMILES string of the molecule is CC1(C)O[C@@H]2[C@H](O1)[C@@H](C(=O)NC[C@H]1CCCNC1)C[C@H]2n1cc(Br)c2c(N)ncnc21. The molecule has 1 amide bonds. The van der Waals surface area contributed by atoms with Crippen LogP contribution in [0.5, 0.6) is 0 Å². The van der Waals surface area contributed by atoms with Crippen LogP contribution in [0, 0.1) is 11.8 Å². The summed E-state index contributed by atoms with van der Waals surface area (Å²) in [6.45, 7) is 6.50. The van der Waals surface area contributed by atoms with Gasteiger partial charge in [-0.2, -0.15) is 0 Å². The number of amides is 1. The number of nitrogens with zero attached hydrogens (tertiary/aromatic N) is 3. The lowest BCUT2D eigenvalue weighted by Gasteiger charge is -2.26. The molecule has 0 radical (unpaired) electrons. The van der Waals surface area contributed by atoms with Crippen LogP contribution in [0.4, 0.5) is 5.82 Å². The number of hydrogen-bond donors (Lipinski definition) is 3. The van der Waals surface area contributed by atoms with E-state index < -0.39 is 5.79 Å². The summed E-state index contributed by atoms with van der Waals surface area (Å²) in [6, 6.07) is -0.0954. The number of fused-ring (bicyclic) bond motifs is 2. The second kappa shape index (κ2) is 7.99. The van der Waals surface area contributed by atoms with E-state index in [1.54, 1.807) is 0 Å². The van der Waals surface area contributed by atoms with Crippen molar-refractivity contribution in [3.05, 3.63) is 17.0 Å². The van der Waals surface area contributed by atoms with Crippen LogP contribution < -0.4 is 16.4 Å². The van der Waals surface area contributed by atoms with Crippen LogP contribution in [-0.2, 0) is 14.3 Å². The zero-order valence-electron chi connectivity index (χ0n) is 17.8. The molecule has 0 spiro atoms. The van der Waals surface area contributed by atoms with Crippen molar-refractivity contribution in [3.8, 4) is 0 Å². The van der Waals surface area contributed by atoms with Gasteiger partial charge in [-0.3, -0.25) is 4.79 Å². The van der Waals surface area contributed by atoms with Crippen LogP contribution >= 0.6 is 15.9 Å². The van der Waals surface area contributed by atoms with Crippen molar-refractivity contribution >= 4 is 38.7 Å². The van der Waals surface area contributed by atoms with Crippen molar-refractivity contribution in [2.75, 3.05) is 25.4 Å². The minimum Gasteiger partial charge on any atom is -0.383 e. The highest BCUT2D eigenvalue weighted by Crippen LogP contribution is 2.48. The first-order valence-electron chi connectivity index (χ1n) is 10.9. The Morgan fingerprint density at radius 2 is 2.19 bits per heavy atom. The maximum absolute atomic E-state index is 13.2. The fraction of sp³-hybridized carbons (Fsp3) is 0.667. The summed E-state index contributed by atoms with van der Waals surface area (Å²) in [4.78, 5) is 21.8. The summed E-state index contributed by atoms with van der Waals surface area (Å²) < 4.78 is 15.4. The molecule has 2 aliphatic heterocycles. The van der Waals surface area contributed by atoms with Gasteiger partial charge in [0, 0.05) is 17.2 Å². The van der Waals surface area contributed by atoms with Gasteiger partial charge in [-0.15, -0.1) is 0 Å². The smallest absolute Gasteiger partial charge is 0.225 e. The van der Waals surface area contributed by atoms with E-state index in [9.17, 15) is 4.79 Å². The van der Waals surface area contributed by atoms with Crippen molar-refractivity contribution in [1.82, 2.24) is 25.2 Å². The highest BCUT2D eigenvalue weighted by molar-refractivity contribution is 9.10. The molecule has 4 heterocycles. The van der Waals surface area contributed by atoms with Crippen LogP contribution in [0.2, 0.25) is 0 Å². The molecule has 31 heavy (non-hydrogen) atoms. The predicted molar refractivity (Wildman–Crippen MR) is 119 cm³/mol. The zero-order valence-corrected chi connectivity index (χ0v) is 19.4. The lowest BCUT2D eigenvalue weighted by molar-refractivity contribution is -0.163. The Balaban J connectivity index is 1.41. The van der Waals surface area contributed by atoms with E-state index in [1.807, 2.05) is 20.0 Å². The summed E-state index contributed by atoms with van der Waals surface area (Å²) in [6.07, 6.45) is 5.78. The van der Waals surface area contributed by atoms with E-state index in [0.29, 0.717) is 24.7 Å². The monoisotopic (exact) mass is 492 g/mol. The minimum absolute atomic E-state index is 0.0361. The van der Waals surface area contributed by atoms with Gasteiger partial charge in [0.05, 0.1) is 17.3 Å². The van der Waals surface area contributed by atoms with E-state index in [0.717, 1.165) is 41.4 Å². The molecular weight excluding hydrogens is 464 g/mol. The van der Waals surface area contributed by atoms with Gasteiger partial charge in [-0.25, -0.2) is 9.97 Å². The molecule has 10 heteroatoms. The van der Waals surface area contributed by atoms with Gasteiger partial charge < -0.3 is 30.4 Å². The van der Waals surface area contributed by atoms with Crippen LogP contribution in [0.25, 0.3) is 11.0 Å². The Hall–Kier alpha value is -1.75. The topological polar surface area (TPSA) is 116 Å². The maximum Gasteiger partial charge on any atom is 0.225 e. The van der Waals surface area contributed by atoms with Crippen molar-refractivity contribution in [3.63, 3.8) is 0 Å². The third kappa shape index (κ3) is 3.83. The number of aromatic nitrogens is 3. The Morgan fingerprint density at radius 1 is 1.39 bits per heavy atom. The van der Waals surface area contributed by atoms with Gasteiger partial charge >= 0.3 is 0 Å². The van der Waals surface area contributed by atoms with E-state index in [2.05, 4.69) is 41.1 Å². The molecule has 3 fully saturated rings. The van der Waals surface area contributed by atoms with Crippen LogP contribution in [0.3, 0.4) is 0 Å². The fourth-order valence-electron chi connectivity index (χ4n) is 5.27. The summed E-state index contributed by atoms with van der Waals surface area (Å²) in [5.41, 5.74) is 6.81. The summed E-state index contributed by atoms with van der Waals surface area (Å²) in [5.74, 6) is -0.0947. The predicted octanol–water partition coefficient (Wildman–Crippen LogP) is 1.97. The third-order valence-corrected chi connectivity index (χ3v) is 7.29. The number of ether oxygens (including phenoxy) is 2. The van der Waals surface area contributed by atoms with E-state index in [4.69, 9.17) is 15.2 Å². The standard InChI is InChI=1S/C21H29BrN6O3/c1-21(2)30-16-12(20(29)25-8-11-4-3-5-24-7-11)6-14(17(16)31-21)28-9-13(22)15-18(23)26-10-27-19(15)28/h9-12,14,16-17,24H,3-8H2,1-2H3,(H,25,29)(H2,23,26,27)/t11-,12-,14+,16+,17-/m0/s1. The molecule has 0 aromatic carbocycles. The highest BCUT2D eigenvalue weighted by Gasteiger charge is 2.57. The van der Waals surface area contributed by atoms with Gasteiger partial charge in [0.15, 0.2) is 5.79 Å². The first-order valence-corrected chi connectivity index (χ1v) is 11.7.